The zero-order valence-electron chi connectivity index (χ0n) is 12.1. The summed E-state index contributed by atoms with van der Waals surface area (Å²) in [5.74, 6) is 0.402. The van der Waals surface area contributed by atoms with Gasteiger partial charge in [0.1, 0.15) is 5.75 Å². The predicted molar refractivity (Wildman–Crippen MR) is 78.3 cm³/mol. The summed E-state index contributed by atoms with van der Waals surface area (Å²) in [6, 6.07) is 7.27. The van der Waals surface area contributed by atoms with Gasteiger partial charge in [-0.2, -0.15) is 0 Å². The van der Waals surface area contributed by atoms with E-state index in [9.17, 15) is 9.59 Å². The highest BCUT2D eigenvalue weighted by Gasteiger charge is 2.12. The summed E-state index contributed by atoms with van der Waals surface area (Å²) in [7, 11) is 0. The summed E-state index contributed by atoms with van der Waals surface area (Å²) in [5.41, 5.74) is 6.30. The van der Waals surface area contributed by atoms with Crippen molar-refractivity contribution in [3.05, 3.63) is 24.3 Å². The summed E-state index contributed by atoms with van der Waals surface area (Å²) >= 11 is 0. The van der Waals surface area contributed by atoms with Crippen LogP contribution in [-0.2, 0) is 9.59 Å². The van der Waals surface area contributed by atoms with Crippen molar-refractivity contribution in [2.24, 2.45) is 0 Å². The van der Waals surface area contributed by atoms with E-state index in [0.717, 1.165) is 25.0 Å². The van der Waals surface area contributed by atoms with Crippen LogP contribution in [0.5, 0.6) is 5.75 Å². The molecule has 0 radical (unpaired) electrons. The monoisotopic (exact) mass is 278 g/mol. The molecule has 0 saturated carbocycles. The average molecular weight is 278 g/mol. The van der Waals surface area contributed by atoms with E-state index in [2.05, 4.69) is 0 Å². The first-order valence-corrected chi connectivity index (χ1v) is 6.77. The predicted octanol–water partition coefficient (Wildman–Crippen LogP) is 2.21. The molecule has 0 atom stereocenters. The van der Waals surface area contributed by atoms with Crippen molar-refractivity contribution in [1.82, 2.24) is 4.90 Å². The molecule has 0 heterocycles. The van der Waals surface area contributed by atoms with Gasteiger partial charge in [0, 0.05) is 26.1 Å². The van der Waals surface area contributed by atoms with Gasteiger partial charge in [0.2, 0.25) is 11.8 Å². The normalized spacial score (nSPS) is 10.1. The molecule has 20 heavy (non-hydrogen) atoms. The van der Waals surface area contributed by atoms with Crippen LogP contribution in [0.4, 0.5) is 5.69 Å². The second-order valence-corrected chi connectivity index (χ2v) is 4.67. The van der Waals surface area contributed by atoms with Crippen LogP contribution in [0.1, 0.15) is 33.1 Å². The lowest BCUT2D eigenvalue weighted by Crippen LogP contribution is -2.34. The SMILES string of the molecule is CC(=O)N(CCCCCOc1ccc(N)cc1)C(C)=O. The molecule has 0 spiro atoms. The van der Waals surface area contributed by atoms with Gasteiger partial charge >= 0.3 is 0 Å². The molecule has 0 bridgehead atoms. The molecule has 5 heteroatoms. The second kappa shape index (κ2) is 8.19. The zero-order valence-corrected chi connectivity index (χ0v) is 12.1. The number of carbonyl (C=O) groups is 2. The van der Waals surface area contributed by atoms with Gasteiger partial charge < -0.3 is 10.5 Å². The smallest absolute Gasteiger partial charge is 0.226 e. The Morgan fingerprint density at radius 1 is 1.05 bits per heavy atom. The van der Waals surface area contributed by atoms with E-state index in [1.54, 1.807) is 12.1 Å². The van der Waals surface area contributed by atoms with Crippen LogP contribution < -0.4 is 10.5 Å². The molecule has 5 nitrogen and oxygen atoms in total. The van der Waals surface area contributed by atoms with Crippen LogP contribution >= 0.6 is 0 Å². The van der Waals surface area contributed by atoms with E-state index < -0.39 is 0 Å². The highest BCUT2D eigenvalue weighted by atomic mass is 16.5. The Morgan fingerprint density at radius 2 is 1.65 bits per heavy atom. The molecule has 110 valence electrons. The Bertz CT molecular complexity index is 429. The lowest BCUT2D eigenvalue weighted by atomic mass is 10.2. The molecule has 2 amide bonds. The van der Waals surface area contributed by atoms with Crippen LogP contribution in [0.25, 0.3) is 0 Å². The first kappa shape index (κ1) is 16.0. The van der Waals surface area contributed by atoms with Crippen LogP contribution in [0.3, 0.4) is 0 Å². The number of anilines is 1. The van der Waals surface area contributed by atoms with Crippen LogP contribution in [0.2, 0.25) is 0 Å². The maximum atomic E-state index is 11.2. The quantitative estimate of drug-likeness (QED) is 0.613. The third-order valence-electron chi connectivity index (χ3n) is 2.94. The molecule has 0 aliphatic heterocycles. The average Bonchev–Trinajstić information content (AvgIpc) is 2.39. The Kier molecular flexibility index (Phi) is 6.56. The van der Waals surface area contributed by atoms with Crippen molar-refractivity contribution >= 4 is 17.5 Å². The van der Waals surface area contributed by atoms with Crippen molar-refractivity contribution in [2.75, 3.05) is 18.9 Å². The molecular formula is C15H22N2O3. The molecule has 0 aliphatic carbocycles. The zero-order chi connectivity index (χ0) is 15.0. The highest BCUT2D eigenvalue weighted by Crippen LogP contribution is 2.13. The summed E-state index contributed by atoms with van der Waals surface area (Å²) < 4.78 is 5.56. The molecular weight excluding hydrogens is 256 g/mol. The Hall–Kier alpha value is -2.04. The summed E-state index contributed by atoms with van der Waals surface area (Å²) in [6.07, 6.45) is 2.59. The molecule has 0 unspecified atom stereocenters. The van der Waals surface area contributed by atoms with Crippen LogP contribution in [0, 0.1) is 0 Å². The van der Waals surface area contributed by atoms with E-state index in [0.29, 0.717) is 18.8 Å². The minimum atomic E-state index is -0.198. The standard InChI is InChI=1S/C15H22N2O3/c1-12(18)17(13(2)19)10-4-3-5-11-20-15-8-6-14(16)7-9-15/h6-9H,3-5,10-11,16H2,1-2H3. The van der Waals surface area contributed by atoms with E-state index in [4.69, 9.17) is 10.5 Å². The number of hydrogen-bond acceptors (Lipinski definition) is 4. The summed E-state index contributed by atoms with van der Waals surface area (Å²) in [5, 5.41) is 0. The molecule has 0 saturated heterocycles. The maximum Gasteiger partial charge on any atom is 0.226 e. The Balaban J connectivity index is 2.14. The van der Waals surface area contributed by atoms with E-state index in [1.807, 2.05) is 12.1 Å². The number of amides is 2. The molecule has 1 aromatic rings. The number of imide groups is 1. The fourth-order valence-electron chi connectivity index (χ4n) is 1.84. The number of hydrogen-bond donors (Lipinski definition) is 1. The van der Waals surface area contributed by atoms with Crippen molar-refractivity contribution in [2.45, 2.75) is 33.1 Å². The third-order valence-corrected chi connectivity index (χ3v) is 2.94. The van der Waals surface area contributed by atoms with Crippen LogP contribution in [0.15, 0.2) is 24.3 Å². The van der Waals surface area contributed by atoms with Crippen molar-refractivity contribution in [3.63, 3.8) is 0 Å². The highest BCUT2D eigenvalue weighted by molar-refractivity contribution is 5.92. The summed E-state index contributed by atoms with van der Waals surface area (Å²) in [4.78, 5) is 23.6. The van der Waals surface area contributed by atoms with Gasteiger partial charge in [0.05, 0.1) is 6.61 Å². The van der Waals surface area contributed by atoms with Crippen molar-refractivity contribution in [3.8, 4) is 5.75 Å². The largest absolute Gasteiger partial charge is 0.494 e. The minimum Gasteiger partial charge on any atom is -0.494 e. The minimum absolute atomic E-state index is 0.198. The molecule has 1 rings (SSSR count). The maximum absolute atomic E-state index is 11.2. The molecule has 2 N–H and O–H groups in total. The number of unbranched alkanes of at least 4 members (excludes halogenated alkanes) is 2. The van der Waals surface area contributed by atoms with Gasteiger partial charge in [0.25, 0.3) is 0 Å². The number of nitrogens with zero attached hydrogens (tertiary/aromatic N) is 1. The van der Waals surface area contributed by atoms with Gasteiger partial charge in [-0.15, -0.1) is 0 Å². The lowest BCUT2D eigenvalue weighted by Gasteiger charge is -2.16. The first-order chi connectivity index (χ1) is 9.50. The summed E-state index contributed by atoms with van der Waals surface area (Å²) in [6.45, 7) is 3.91. The number of ether oxygens (including phenoxy) is 1. The van der Waals surface area contributed by atoms with Gasteiger partial charge in [-0.3, -0.25) is 14.5 Å². The second-order valence-electron chi connectivity index (χ2n) is 4.67. The number of benzene rings is 1. The van der Waals surface area contributed by atoms with Crippen molar-refractivity contribution in [1.29, 1.82) is 0 Å². The van der Waals surface area contributed by atoms with Crippen molar-refractivity contribution < 1.29 is 14.3 Å². The van der Waals surface area contributed by atoms with Gasteiger partial charge in [-0.1, -0.05) is 0 Å². The molecule has 0 aliphatic rings. The van der Waals surface area contributed by atoms with E-state index >= 15 is 0 Å². The first-order valence-electron chi connectivity index (χ1n) is 6.77. The topological polar surface area (TPSA) is 72.6 Å². The number of nitrogen functional groups attached to an aromatic ring is 1. The third kappa shape index (κ3) is 5.73. The number of carbonyl (C=O) groups excluding carboxylic acids is 2. The number of nitrogens with two attached hydrogens (primary N) is 1. The Labute approximate surface area is 119 Å². The van der Waals surface area contributed by atoms with Crippen LogP contribution in [-0.4, -0.2) is 29.9 Å². The fourth-order valence-corrected chi connectivity index (χ4v) is 1.84. The molecule has 1 aromatic carbocycles. The van der Waals surface area contributed by atoms with Gasteiger partial charge in [0.15, 0.2) is 0 Å². The molecule has 0 fully saturated rings. The van der Waals surface area contributed by atoms with Gasteiger partial charge in [-0.25, -0.2) is 0 Å². The lowest BCUT2D eigenvalue weighted by molar-refractivity contribution is -0.142. The number of rotatable bonds is 7. The van der Waals surface area contributed by atoms with E-state index in [1.165, 1.54) is 18.7 Å². The van der Waals surface area contributed by atoms with Gasteiger partial charge in [-0.05, 0) is 43.5 Å². The molecule has 0 aromatic heterocycles. The fraction of sp³-hybridized carbons (Fsp3) is 0.467. The van der Waals surface area contributed by atoms with E-state index in [-0.39, 0.29) is 11.8 Å². The Morgan fingerprint density at radius 3 is 2.20 bits per heavy atom.